The Labute approximate surface area is 99.0 Å². The number of carbonyl (C=O) groups is 1. The van der Waals surface area contributed by atoms with Crippen molar-refractivity contribution in [2.45, 2.75) is 13.5 Å². The molecular weight excluding hydrogens is 231 g/mol. The van der Waals surface area contributed by atoms with E-state index in [2.05, 4.69) is 0 Å². The summed E-state index contributed by atoms with van der Waals surface area (Å²) in [4.78, 5) is 12.8. The number of rotatable bonds is 4. The van der Waals surface area contributed by atoms with Crippen LogP contribution < -0.4 is 5.73 Å². The molecule has 3 nitrogen and oxygen atoms in total. The smallest absolute Gasteiger partial charge is 0.219 e. The molecule has 0 fully saturated rings. The summed E-state index contributed by atoms with van der Waals surface area (Å²) in [7, 11) is 0. The van der Waals surface area contributed by atoms with Gasteiger partial charge in [-0.15, -0.1) is 0 Å². The largest absolute Gasteiger partial charge is 0.337 e. The molecule has 2 N–H and O–H groups in total. The van der Waals surface area contributed by atoms with Gasteiger partial charge in [-0.05, 0) is 17.7 Å². The normalized spacial score (nSPS) is 10.2. The van der Waals surface area contributed by atoms with Gasteiger partial charge in [0.05, 0.1) is 5.02 Å². The van der Waals surface area contributed by atoms with Gasteiger partial charge in [-0.25, -0.2) is 4.39 Å². The number of nitrogens with zero attached hydrogens (tertiary/aromatic N) is 1. The van der Waals surface area contributed by atoms with Crippen molar-refractivity contribution in [1.29, 1.82) is 0 Å². The standard InChI is InChI=1S/C11H14ClFN2O/c1-8(16)15(5-4-14)7-9-2-3-10(12)11(13)6-9/h2-3,6H,4-5,7,14H2,1H3. The minimum atomic E-state index is -0.476. The summed E-state index contributed by atoms with van der Waals surface area (Å²) in [5.41, 5.74) is 6.09. The minimum absolute atomic E-state index is 0.0805. The van der Waals surface area contributed by atoms with Crippen molar-refractivity contribution in [3.05, 3.63) is 34.6 Å². The third-order valence-electron chi connectivity index (χ3n) is 2.20. The fourth-order valence-corrected chi connectivity index (χ4v) is 1.48. The summed E-state index contributed by atoms with van der Waals surface area (Å²) in [6.45, 7) is 2.65. The van der Waals surface area contributed by atoms with Crippen molar-refractivity contribution >= 4 is 17.5 Å². The number of halogens is 2. The van der Waals surface area contributed by atoms with Crippen molar-refractivity contribution in [3.63, 3.8) is 0 Å². The van der Waals surface area contributed by atoms with E-state index in [-0.39, 0.29) is 10.9 Å². The van der Waals surface area contributed by atoms with Crippen molar-refractivity contribution in [3.8, 4) is 0 Å². The Bertz CT molecular complexity index is 384. The van der Waals surface area contributed by atoms with Gasteiger partial charge in [-0.2, -0.15) is 0 Å². The SMILES string of the molecule is CC(=O)N(CCN)Cc1ccc(Cl)c(F)c1. The van der Waals surface area contributed by atoms with Gasteiger partial charge in [0, 0.05) is 26.6 Å². The van der Waals surface area contributed by atoms with E-state index < -0.39 is 5.82 Å². The molecule has 0 aromatic heterocycles. The molecule has 1 rings (SSSR count). The summed E-state index contributed by atoms with van der Waals surface area (Å²) >= 11 is 5.57. The van der Waals surface area contributed by atoms with Crippen LogP contribution in [0.4, 0.5) is 4.39 Å². The first-order valence-corrected chi connectivity index (χ1v) is 5.32. The van der Waals surface area contributed by atoms with Crippen molar-refractivity contribution < 1.29 is 9.18 Å². The van der Waals surface area contributed by atoms with E-state index in [1.54, 1.807) is 11.0 Å². The minimum Gasteiger partial charge on any atom is -0.337 e. The third kappa shape index (κ3) is 3.47. The Balaban J connectivity index is 2.77. The zero-order chi connectivity index (χ0) is 12.1. The van der Waals surface area contributed by atoms with Crippen LogP contribution in [0.25, 0.3) is 0 Å². The van der Waals surface area contributed by atoms with Crippen molar-refractivity contribution in [2.24, 2.45) is 5.73 Å². The van der Waals surface area contributed by atoms with E-state index in [0.717, 1.165) is 0 Å². The van der Waals surface area contributed by atoms with E-state index in [0.29, 0.717) is 25.2 Å². The second-order valence-corrected chi connectivity index (χ2v) is 3.88. The molecule has 0 spiro atoms. The van der Waals surface area contributed by atoms with Crippen LogP contribution in [0.2, 0.25) is 5.02 Å². The predicted octanol–water partition coefficient (Wildman–Crippen LogP) is 1.79. The van der Waals surface area contributed by atoms with Crippen LogP contribution in [0.3, 0.4) is 0 Å². The van der Waals surface area contributed by atoms with Gasteiger partial charge in [-0.1, -0.05) is 17.7 Å². The molecule has 0 heterocycles. The highest BCUT2D eigenvalue weighted by Gasteiger charge is 2.09. The quantitative estimate of drug-likeness (QED) is 0.878. The molecule has 0 saturated heterocycles. The average molecular weight is 245 g/mol. The van der Waals surface area contributed by atoms with Gasteiger partial charge in [0.2, 0.25) is 5.91 Å². The monoisotopic (exact) mass is 244 g/mol. The third-order valence-corrected chi connectivity index (χ3v) is 2.51. The highest BCUT2D eigenvalue weighted by molar-refractivity contribution is 6.30. The van der Waals surface area contributed by atoms with Crippen LogP contribution in [0.1, 0.15) is 12.5 Å². The number of carbonyl (C=O) groups excluding carboxylic acids is 1. The molecule has 0 atom stereocenters. The Morgan fingerprint density at radius 2 is 2.25 bits per heavy atom. The second kappa shape index (κ2) is 5.82. The van der Waals surface area contributed by atoms with E-state index in [9.17, 15) is 9.18 Å². The highest BCUT2D eigenvalue weighted by atomic mass is 35.5. The summed E-state index contributed by atoms with van der Waals surface area (Å²) in [6.07, 6.45) is 0. The molecule has 0 aliphatic carbocycles. The van der Waals surface area contributed by atoms with Gasteiger partial charge in [0.1, 0.15) is 5.82 Å². The molecule has 16 heavy (non-hydrogen) atoms. The van der Waals surface area contributed by atoms with E-state index in [4.69, 9.17) is 17.3 Å². The van der Waals surface area contributed by atoms with Gasteiger partial charge in [0.15, 0.2) is 0 Å². The predicted molar refractivity (Wildman–Crippen MR) is 61.6 cm³/mol. The lowest BCUT2D eigenvalue weighted by Crippen LogP contribution is -2.33. The zero-order valence-electron chi connectivity index (χ0n) is 9.04. The summed E-state index contributed by atoms with van der Waals surface area (Å²) < 4.78 is 13.2. The van der Waals surface area contributed by atoms with Crippen LogP contribution >= 0.6 is 11.6 Å². The van der Waals surface area contributed by atoms with Crippen LogP contribution in [0.15, 0.2) is 18.2 Å². The van der Waals surface area contributed by atoms with Crippen LogP contribution in [-0.4, -0.2) is 23.9 Å². The van der Waals surface area contributed by atoms with E-state index in [1.807, 2.05) is 0 Å². The molecular formula is C11H14ClFN2O. The van der Waals surface area contributed by atoms with Gasteiger partial charge >= 0.3 is 0 Å². The fourth-order valence-electron chi connectivity index (χ4n) is 1.36. The van der Waals surface area contributed by atoms with Crippen molar-refractivity contribution in [2.75, 3.05) is 13.1 Å². The first-order chi connectivity index (χ1) is 7.54. The number of nitrogens with two attached hydrogens (primary N) is 1. The maximum absolute atomic E-state index is 13.2. The molecule has 88 valence electrons. The lowest BCUT2D eigenvalue weighted by atomic mass is 10.2. The molecule has 0 radical (unpaired) electrons. The maximum atomic E-state index is 13.2. The molecule has 0 aliphatic heterocycles. The Kier molecular flexibility index (Phi) is 4.71. The maximum Gasteiger partial charge on any atom is 0.219 e. The summed E-state index contributed by atoms with van der Waals surface area (Å²) in [5, 5.41) is 0.0805. The molecule has 0 bridgehead atoms. The van der Waals surface area contributed by atoms with E-state index >= 15 is 0 Å². The average Bonchev–Trinajstić information content (AvgIpc) is 2.22. The lowest BCUT2D eigenvalue weighted by Gasteiger charge is -2.20. The molecule has 5 heteroatoms. The molecule has 1 aromatic rings. The summed E-state index contributed by atoms with van der Waals surface area (Å²) in [6, 6.07) is 4.50. The van der Waals surface area contributed by atoms with Crippen LogP contribution in [0, 0.1) is 5.82 Å². The lowest BCUT2D eigenvalue weighted by molar-refractivity contribution is -0.129. The number of hydrogen-bond acceptors (Lipinski definition) is 2. The molecule has 1 amide bonds. The molecule has 1 aromatic carbocycles. The second-order valence-electron chi connectivity index (χ2n) is 3.48. The van der Waals surface area contributed by atoms with Gasteiger partial charge in [-0.3, -0.25) is 4.79 Å². The van der Waals surface area contributed by atoms with Gasteiger partial charge in [0.25, 0.3) is 0 Å². The van der Waals surface area contributed by atoms with Gasteiger partial charge < -0.3 is 10.6 Å². The first kappa shape index (κ1) is 12.9. The fraction of sp³-hybridized carbons (Fsp3) is 0.364. The molecule has 0 aliphatic rings. The van der Waals surface area contributed by atoms with Crippen LogP contribution in [0.5, 0.6) is 0 Å². The topological polar surface area (TPSA) is 46.3 Å². The summed E-state index contributed by atoms with van der Waals surface area (Å²) in [5.74, 6) is -0.559. The zero-order valence-corrected chi connectivity index (χ0v) is 9.80. The van der Waals surface area contributed by atoms with Crippen LogP contribution in [-0.2, 0) is 11.3 Å². The Hall–Kier alpha value is -1.13. The first-order valence-electron chi connectivity index (χ1n) is 4.94. The Morgan fingerprint density at radius 1 is 1.56 bits per heavy atom. The highest BCUT2D eigenvalue weighted by Crippen LogP contribution is 2.16. The number of amides is 1. The Morgan fingerprint density at radius 3 is 2.75 bits per heavy atom. The number of hydrogen-bond donors (Lipinski definition) is 1. The number of benzene rings is 1. The van der Waals surface area contributed by atoms with E-state index in [1.165, 1.54) is 19.1 Å². The van der Waals surface area contributed by atoms with Crippen molar-refractivity contribution in [1.82, 2.24) is 4.90 Å². The molecule has 0 unspecified atom stereocenters. The molecule has 0 saturated carbocycles.